The molecule has 2 rings (SSSR count). The van der Waals surface area contributed by atoms with Crippen molar-refractivity contribution in [1.29, 1.82) is 0 Å². The van der Waals surface area contributed by atoms with Gasteiger partial charge in [0, 0.05) is 0 Å². The molecule has 0 heterocycles. The van der Waals surface area contributed by atoms with Crippen molar-refractivity contribution in [3.8, 4) is 5.75 Å². The van der Waals surface area contributed by atoms with E-state index in [0.29, 0.717) is 6.61 Å². The number of rotatable bonds is 14. The lowest BCUT2D eigenvalue weighted by atomic mass is 10.0. The monoisotopic (exact) mass is 368 g/mol. The van der Waals surface area contributed by atoms with Gasteiger partial charge in [0.2, 0.25) is 0 Å². The third-order valence-electron chi connectivity index (χ3n) is 5.07. The highest BCUT2D eigenvalue weighted by molar-refractivity contribution is 5.30. The van der Waals surface area contributed by atoms with E-state index in [0.717, 1.165) is 29.7 Å². The Balaban J connectivity index is 1.63. The molecule has 1 N–H and O–H groups in total. The van der Waals surface area contributed by atoms with Crippen LogP contribution in [0.5, 0.6) is 5.75 Å². The van der Waals surface area contributed by atoms with E-state index in [9.17, 15) is 5.11 Å². The molecule has 2 nitrogen and oxygen atoms in total. The van der Waals surface area contributed by atoms with Gasteiger partial charge in [0.05, 0.1) is 6.10 Å². The summed E-state index contributed by atoms with van der Waals surface area (Å²) in [5.74, 6) is 0.822. The molecule has 0 aliphatic heterocycles. The van der Waals surface area contributed by atoms with E-state index >= 15 is 0 Å². The predicted molar refractivity (Wildman–Crippen MR) is 114 cm³/mol. The molecular formula is C25H36O2. The highest BCUT2D eigenvalue weighted by Gasteiger charge is 2.08. The quantitative estimate of drug-likeness (QED) is 0.357. The average molecular weight is 369 g/mol. The molecule has 0 aromatic heterocycles. The largest absolute Gasteiger partial charge is 0.489 e. The fraction of sp³-hybridized carbons (Fsp3) is 0.520. The van der Waals surface area contributed by atoms with Crippen LogP contribution >= 0.6 is 0 Å². The predicted octanol–water partition coefficient (Wildman–Crippen LogP) is 7.22. The van der Waals surface area contributed by atoms with Crippen molar-refractivity contribution in [2.24, 2.45) is 0 Å². The Labute approximate surface area is 165 Å². The first-order chi connectivity index (χ1) is 13.3. The van der Waals surface area contributed by atoms with Crippen LogP contribution in [0.25, 0.3) is 0 Å². The molecule has 1 unspecified atom stereocenters. The molecule has 0 radical (unpaired) electrons. The smallest absolute Gasteiger partial charge is 0.120 e. The maximum atomic E-state index is 10.5. The molecule has 2 heteroatoms. The summed E-state index contributed by atoms with van der Waals surface area (Å²) < 4.78 is 5.87. The maximum absolute atomic E-state index is 10.5. The molecule has 0 amide bonds. The summed E-state index contributed by atoms with van der Waals surface area (Å²) in [7, 11) is 0. The van der Waals surface area contributed by atoms with Gasteiger partial charge in [-0.1, -0.05) is 107 Å². The Hall–Kier alpha value is -1.80. The Bertz CT molecular complexity index is 609. The standard InChI is InChI=1S/C25H36O2/c1-2-3-4-5-6-7-8-9-13-19-25(26)23-17-14-18-24(20-23)27-21-22-15-11-10-12-16-22/h10-12,14-18,20,25-26H,2-9,13,19,21H2,1H3. The van der Waals surface area contributed by atoms with Crippen molar-refractivity contribution in [2.45, 2.75) is 83.8 Å². The minimum Gasteiger partial charge on any atom is -0.489 e. The van der Waals surface area contributed by atoms with Gasteiger partial charge in [0.25, 0.3) is 0 Å². The number of benzene rings is 2. The fourth-order valence-corrected chi connectivity index (χ4v) is 3.37. The minimum absolute atomic E-state index is 0.394. The molecular weight excluding hydrogens is 332 g/mol. The molecule has 0 saturated heterocycles. The summed E-state index contributed by atoms with van der Waals surface area (Å²) in [6, 6.07) is 18.0. The third kappa shape index (κ3) is 9.10. The lowest BCUT2D eigenvalue weighted by molar-refractivity contribution is 0.162. The molecule has 27 heavy (non-hydrogen) atoms. The molecule has 0 bridgehead atoms. The van der Waals surface area contributed by atoms with Gasteiger partial charge in [-0.3, -0.25) is 0 Å². The number of aliphatic hydroxyl groups excluding tert-OH is 1. The van der Waals surface area contributed by atoms with Gasteiger partial charge in [0.1, 0.15) is 12.4 Å². The summed E-state index contributed by atoms with van der Waals surface area (Å²) in [5.41, 5.74) is 2.11. The number of hydrogen-bond acceptors (Lipinski definition) is 2. The van der Waals surface area contributed by atoms with Crippen LogP contribution in [0, 0.1) is 0 Å². The molecule has 0 aliphatic rings. The van der Waals surface area contributed by atoms with Crippen molar-refractivity contribution in [2.75, 3.05) is 0 Å². The zero-order valence-corrected chi connectivity index (χ0v) is 16.9. The van der Waals surface area contributed by atoms with Gasteiger partial charge in [-0.2, -0.15) is 0 Å². The summed E-state index contributed by atoms with van der Waals surface area (Å²) in [5, 5.41) is 10.5. The Morgan fingerprint density at radius 3 is 2.15 bits per heavy atom. The van der Waals surface area contributed by atoms with Crippen LogP contribution in [-0.2, 0) is 6.61 Å². The first kappa shape index (κ1) is 21.5. The van der Waals surface area contributed by atoms with E-state index in [4.69, 9.17) is 4.74 Å². The van der Waals surface area contributed by atoms with Crippen LogP contribution in [0.15, 0.2) is 54.6 Å². The van der Waals surface area contributed by atoms with Crippen molar-refractivity contribution in [3.63, 3.8) is 0 Å². The second kappa shape index (κ2) is 13.4. The van der Waals surface area contributed by atoms with E-state index < -0.39 is 6.10 Å². The fourth-order valence-electron chi connectivity index (χ4n) is 3.37. The summed E-state index contributed by atoms with van der Waals surface area (Å²) in [6.45, 7) is 2.81. The highest BCUT2D eigenvalue weighted by Crippen LogP contribution is 2.24. The van der Waals surface area contributed by atoms with Crippen LogP contribution in [0.4, 0.5) is 0 Å². The first-order valence-electron chi connectivity index (χ1n) is 10.7. The van der Waals surface area contributed by atoms with Crippen molar-refractivity contribution < 1.29 is 9.84 Å². The van der Waals surface area contributed by atoms with Gasteiger partial charge in [0.15, 0.2) is 0 Å². The van der Waals surface area contributed by atoms with E-state index in [1.165, 1.54) is 51.4 Å². The molecule has 0 saturated carbocycles. The molecule has 2 aromatic rings. The van der Waals surface area contributed by atoms with Crippen LogP contribution in [0.2, 0.25) is 0 Å². The Morgan fingerprint density at radius 2 is 1.44 bits per heavy atom. The molecule has 2 aromatic carbocycles. The topological polar surface area (TPSA) is 29.5 Å². The lowest BCUT2D eigenvalue weighted by Crippen LogP contribution is -2.00. The third-order valence-corrected chi connectivity index (χ3v) is 5.07. The lowest BCUT2D eigenvalue weighted by Gasteiger charge is -2.13. The number of ether oxygens (including phenoxy) is 1. The molecule has 0 fully saturated rings. The summed E-state index contributed by atoms with van der Waals surface area (Å²) >= 11 is 0. The number of aliphatic hydroxyl groups is 1. The minimum atomic E-state index is -0.394. The Kier molecular flexibility index (Phi) is 10.7. The highest BCUT2D eigenvalue weighted by atomic mass is 16.5. The van der Waals surface area contributed by atoms with E-state index in [1.807, 2.05) is 42.5 Å². The summed E-state index contributed by atoms with van der Waals surface area (Å²) in [4.78, 5) is 0. The van der Waals surface area contributed by atoms with Crippen molar-refractivity contribution in [1.82, 2.24) is 0 Å². The second-order valence-corrected chi connectivity index (χ2v) is 7.48. The van der Waals surface area contributed by atoms with Crippen LogP contribution in [0.3, 0.4) is 0 Å². The van der Waals surface area contributed by atoms with Gasteiger partial charge in [-0.25, -0.2) is 0 Å². The van der Waals surface area contributed by atoms with Crippen LogP contribution < -0.4 is 4.74 Å². The Morgan fingerprint density at radius 1 is 0.778 bits per heavy atom. The van der Waals surface area contributed by atoms with Crippen LogP contribution in [0.1, 0.15) is 88.4 Å². The van der Waals surface area contributed by atoms with Gasteiger partial charge >= 0.3 is 0 Å². The van der Waals surface area contributed by atoms with E-state index in [-0.39, 0.29) is 0 Å². The molecule has 148 valence electrons. The van der Waals surface area contributed by atoms with Gasteiger partial charge < -0.3 is 9.84 Å². The molecule has 0 spiro atoms. The molecule has 0 aliphatic carbocycles. The number of unbranched alkanes of at least 4 members (excludes halogenated alkanes) is 8. The van der Waals surface area contributed by atoms with Gasteiger partial charge in [-0.15, -0.1) is 0 Å². The zero-order valence-electron chi connectivity index (χ0n) is 16.9. The summed E-state index contributed by atoms with van der Waals surface area (Å²) in [6.07, 6.45) is 12.2. The zero-order chi connectivity index (χ0) is 19.2. The van der Waals surface area contributed by atoms with E-state index in [1.54, 1.807) is 0 Å². The molecule has 1 atom stereocenters. The SMILES string of the molecule is CCCCCCCCCCCC(O)c1cccc(OCc2ccccc2)c1. The van der Waals surface area contributed by atoms with E-state index in [2.05, 4.69) is 19.1 Å². The van der Waals surface area contributed by atoms with Crippen molar-refractivity contribution >= 4 is 0 Å². The average Bonchev–Trinajstić information content (AvgIpc) is 2.72. The second-order valence-electron chi connectivity index (χ2n) is 7.48. The van der Waals surface area contributed by atoms with Gasteiger partial charge in [-0.05, 0) is 29.7 Å². The van der Waals surface area contributed by atoms with Crippen LogP contribution in [-0.4, -0.2) is 5.11 Å². The number of hydrogen-bond donors (Lipinski definition) is 1. The maximum Gasteiger partial charge on any atom is 0.120 e. The van der Waals surface area contributed by atoms with Crippen molar-refractivity contribution in [3.05, 3.63) is 65.7 Å². The normalized spacial score (nSPS) is 12.1. The first-order valence-corrected chi connectivity index (χ1v) is 10.7.